The molecule has 2 aromatic carbocycles. The van der Waals surface area contributed by atoms with Crippen LogP contribution in [0.5, 0.6) is 0 Å². The number of para-hydroxylation sites is 2. The maximum absolute atomic E-state index is 13.6. The lowest BCUT2D eigenvalue weighted by Crippen LogP contribution is -2.51. The zero-order chi connectivity index (χ0) is 30.7. The van der Waals surface area contributed by atoms with E-state index in [0.29, 0.717) is 47.1 Å². The number of fused-ring (bicyclic) bond motifs is 1. The van der Waals surface area contributed by atoms with Crippen LogP contribution >= 0.6 is 0 Å². The maximum atomic E-state index is 13.6. The largest absolute Gasteiger partial charge is 0.416 e. The van der Waals surface area contributed by atoms with Crippen molar-refractivity contribution in [2.45, 2.75) is 58.0 Å². The minimum absolute atomic E-state index is 0.0708. The third-order valence-corrected chi connectivity index (χ3v) is 7.25. The van der Waals surface area contributed by atoms with Crippen LogP contribution in [0.4, 0.5) is 32.2 Å². The molecule has 0 unspecified atom stereocenters. The Kier molecular flexibility index (Phi) is 9.46. The molecular weight excluding hydrogens is 562 g/mol. The number of nitrogens with zero attached hydrogens (tertiary/aromatic N) is 5. The van der Waals surface area contributed by atoms with Crippen molar-refractivity contribution in [2.24, 2.45) is 17.5 Å². The van der Waals surface area contributed by atoms with Crippen molar-refractivity contribution in [1.29, 1.82) is 0 Å². The minimum atomic E-state index is -4.98. The highest BCUT2D eigenvalue weighted by molar-refractivity contribution is 5.76. The third kappa shape index (κ3) is 7.79. The number of hydrazine groups is 2. The van der Waals surface area contributed by atoms with Gasteiger partial charge in [-0.25, -0.2) is 15.8 Å². The highest BCUT2D eigenvalue weighted by atomic mass is 19.4. The number of guanidine groups is 1. The predicted molar refractivity (Wildman–Crippen MR) is 148 cm³/mol. The van der Waals surface area contributed by atoms with Gasteiger partial charge in [-0.2, -0.15) is 31.8 Å². The summed E-state index contributed by atoms with van der Waals surface area (Å²) in [5.41, 5.74) is 7.60. The number of nitrogens with one attached hydrogen (secondary N) is 1. The van der Waals surface area contributed by atoms with Gasteiger partial charge >= 0.3 is 18.3 Å². The van der Waals surface area contributed by atoms with Crippen LogP contribution in [0.3, 0.4) is 0 Å². The van der Waals surface area contributed by atoms with Crippen molar-refractivity contribution in [3.05, 3.63) is 64.8 Å². The number of nitrogens with two attached hydrogens (primary N) is 2. The van der Waals surface area contributed by atoms with E-state index < -0.39 is 30.0 Å². The van der Waals surface area contributed by atoms with Gasteiger partial charge in [0.25, 0.3) is 0 Å². The van der Waals surface area contributed by atoms with E-state index in [1.807, 2.05) is 19.1 Å². The monoisotopic (exact) mass is 597 g/mol. The molecule has 1 saturated carbocycles. The Balaban J connectivity index is 1.80. The molecule has 42 heavy (non-hydrogen) atoms. The number of aromatic nitrogens is 2. The first-order chi connectivity index (χ1) is 19.7. The van der Waals surface area contributed by atoms with E-state index in [2.05, 4.69) is 10.3 Å². The number of halogens is 6. The zero-order valence-electron chi connectivity index (χ0n) is 23.4. The SMILES string of the molecule is CCN(CC1CCCC1)c1nc2ccccc2nc1C[N+](Cc1cc(C(F)(F)F)cc(C(F)(F)F)c1)=C(N)NN(C)N. The fraction of sp³-hybridized carbons (Fsp3) is 0.464. The van der Waals surface area contributed by atoms with Gasteiger partial charge in [-0.05, 0) is 61.6 Å². The highest BCUT2D eigenvalue weighted by Crippen LogP contribution is 2.36. The van der Waals surface area contributed by atoms with E-state index in [9.17, 15) is 26.3 Å². The fourth-order valence-corrected chi connectivity index (χ4v) is 5.25. The lowest BCUT2D eigenvalue weighted by molar-refractivity contribution is -0.563. The Hall–Kier alpha value is -3.65. The molecule has 0 radical (unpaired) electrons. The van der Waals surface area contributed by atoms with Gasteiger partial charge in [0.05, 0.1) is 28.7 Å². The van der Waals surface area contributed by atoms with E-state index in [1.165, 1.54) is 11.6 Å². The second kappa shape index (κ2) is 12.7. The van der Waals surface area contributed by atoms with Gasteiger partial charge in [-0.1, -0.05) is 25.0 Å². The quantitative estimate of drug-likeness (QED) is 0.0796. The molecule has 5 N–H and O–H groups in total. The molecule has 0 spiro atoms. The van der Waals surface area contributed by atoms with Gasteiger partial charge < -0.3 is 4.90 Å². The van der Waals surface area contributed by atoms with E-state index in [4.69, 9.17) is 21.5 Å². The van der Waals surface area contributed by atoms with Crippen LogP contribution in [0.1, 0.15) is 55.0 Å². The number of hydrogen-bond acceptors (Lipinski definition) is 5. The summed E-state index contributed by atoms with van der Waals surface area (Å²) in [6.07, 6.45) is -5.44. The van der Waals surface area contributed by atoms with Gasteiger partial charge in [0.15, 0.2) is 5.82 Å². The van der Waals surface area contributed by atoms with Gasteiger partial charge in [0, 0.05) is 20.1 Å². The predicted octanol–water partition coefficient (Wildman–Crippen LogP) is 5.02. The molecule has 0 amide bonds. The first-order valence-electron chi connectivity index (χ1n) is 13.7. The van der Waals surface area contributed by atoms with E-state index in [1.54, 1.807) is 12.1 Å². The molecule has 14 heteroatoms. The molecule has 4 rings (SSSR count). The van der Waals surface area contributed by atoms with E-state index in [0.717, 1.165) is 37.3 Å². The summed E-state index contributed by atoms with van der Waals surface area (Å²) in [6, 6.07) is 8.75. The Bertz CT molecular complexity index is 1380. The van der Waals surface area contributed by atoms with Crippen LogP contribution in [0.2, 0.25) is 0 Å². The lowest BCUT2D eigenvalue weighted by Gasteiger charge is -2.27. The van der Waals surface area contributed by atoms with Crippen LogP contribution in [0.25, 0.3) is 11.0 Å². The van der Waals surface area contributed by atoms with Gasteiger partial charge in [-0.15, -0.1) is 5.12 Å². The lowest BCUT2D eigenvalue weighted by atomic mass is 10.0. The molecule has 0 atom stereocenters. The van der Waals surface area contributed by atoms with Crippen LogP contribution in [-0.4, -0.2) is 45.8 Å². The van der Waals surface area contributed by atoms with Crippen LogP contribution in [0.15, 0.2) is 42.5 Å². The van der Waals surface area contributed by atoms with E-state index in [-0.39, 0.29) is 24.1 Å². The first kappa shape index (κ1) is 31.3. The molecule has 0 aliphatic heterocycles. The average Bonchev–Trinajstić information content (AvgIpc) is 3.43. The highest BCUT2D eigenvalue weighted by Gasteiger charge is 2.37. The van der Waals surface area contributed by atoms with Crippen molar-refractivity contribution in [3.63, 3.8) is 0 Å². The molecule has 1 aliphatic rings. The maximum Gasteiger partial charge on any atom is 0.416 e. The number of benzene rings is 2. The molecule has 0 saturated heterocycles. The van der Waals surface area contributed by atoms with Crippen molar-refractivity contribution < 1.29 is 30.9 Å². The van der Waals surface area contributed by atoms with Crippen molar-refractivity contribution >= 4 is 22.8 Å². The smallest absolute Gasteiger partial charge is 0.355 e. The fourth-order valence-electron chi connectivity index (χ4n) is 5.25. The summed E-state index contributed by atoms with van der Waals surface area (Å²) in [5.74, 6) is 6.68. The zero-order valence-corrected chi connectivity index (χ0v) is 23.4. The molecule has 8 nitrogen and oxygen atoms in total. The minimum Gasteiger partial charge on any atom is -0.355 e. The summed E-state index contributed by atoms with van der Waals surface area (Å²) in [6.45, 7) is 2.91. The summed E-state index contributed by atoms with van der Waals surface area (Å²) in [7, 11) is 1.44. The van der Waals surface area contributed by atoms with Gasteiger partial charge in [-0.3, -0.25) is 10.3 Å². The molecule has 228 valence electrons. The van der Waals surface area contributed by atoms with Gasteiger partial charge in [0.2, 0.25) is 0 Å². The number of rotatable bonds is 9. The second-order valence-corrected chi connectivity index (χ2v) is 10.5. The summed E-state index contributed by atoms with van der Waals surface area (Å²) in [4.78, 5) is 11.8. The Labute approximate surface area is 240 Å². The topological polar surface area (TPSA) is 99.3 Å². The molecule has 3 aromatic rings. The normalized spacial score (nSPS) is 15.4. The van der Waals surface area contributed by atoms with Crippen LogP contribution in [-0.2, 0) is 25.4 Å². The Morgan fingerprint density at radius 2 is 1.52 bits per heavy atom. The molecular formula is C28H35F6N8+. The van der Waals surface area contributed by atoms with Crippen molar-refractivity contribution in [1.82, 2.24) is 20.5 Å². The molecule has 1 aliphatic carbocycles. The summed E-state index contributed by atoms with van der Waals surface area (Å²) >= 11 is 0. The number of alkyl halides is 6. The summed E-state index contributed by atoms with van der Waals surface area (Å²) in [5, 5.41) is 1.03. The standard InChI is InChI=1S/C28H34F6N8/c1-3-41(15-18-8-4-5-9-18)25-24(37-22-10-6-7-11-23(22)38-25)17-42(26(35)39-40(2)36)16-19-12-20(27(29,30)31)14-21(13-19)28(32,33)34/h6-7,10-14,18H,3-5,8-9,15-17,36H2,1-2H3,(H2,35,39)/p+1. The average molecular weight is 598 g/mol. The van der Waals surface area contributed by atoms with Crippen molar-refractivity contribution in [3.8, 4) is 0 Å². The molecule has 0 bridgehead atoms. The van der Waals surface area contributed by atoms with Crippen LogP contribution in [0, 0.1) is 5.92 Å². The molecule has 1 heterocycles. The number of hydrogen-bond donors (Lipinski definition) is 3. The van der Waals surface area contributed by atoms with E-state index >= 15 is 0 Å². The summed E-state index contributed by atoms with van der Waals surface area (Å²) < 4.78 is 82.9. The Morgan fingerprint density at radius 3 is 2.05 bits per heavy atom. The van der Waals surface area contributed by atoms with Gasteiger partial charge in [0.1, 0.15) is 12.2 Å². The first-order valence-corrected chi connectivity index (χ1v) is 13.7. The van der Waals surface area contributed by atoms with Crippen molar-refractivity contribution in [2.75, 3.05) is 25.0 Å². The molecule has 1 fully saturated rings. The molecule has 1 aromatic heterocycles. The number of anilines is 1. The third-order valence-electron chi connectivity index (χ3n) is 7.25. The van der Waals surface area contributed by atoms with Crippen LogP contribution < -0.4 is 21.9 Å². The second-order valence-electron chi connectivity index (χ2n) is 10.5. The Morgan fingerprint density at radius 1 is 0.952 bits per heavy atom.